The maximum Gasteiger partial charge on any atom is 0.0725 e. The molecule has 1 aliphatic heterocycles. The zero-order valence-corrected chi connectivity index (χ0v) is 13.3. The van der Waals surface area contributed by atoms with Gasteiger partial charge in [-0.15, -0.1) is 11.6 Å². The number of hydrogen-bond acceptors (Lipinski definition) is 1. The molecule has 0 saturated carbocycles. The van der Waals surface area contributed by atoms with E-state index in [-0.39, 0.29) is 5.38 Å². The second-order valence-electron chi connectivity index (χ2n) is 7.09. The first-order valence-electron chi connectivity index (χ1n) is 7.19. The van der Waals surface area contributed by atoms with Crippen LogP contribution < -0.4 is 0 Å². The molecule has 2 heteroatoms. The zero-order chi connectivity index (χ0) is 14.0. The normalized spacial score (nSPS) is 18.2. The summed E-state index contributed by atoms with van der Waals surface area (Å²) >= 11 is 6.59. The number of hydrogen-bond donors (Lipinski definition) is 0. The van der Waals surface area contributed by atoms with Gasteiger partial charge in [0, 0.05) is 0 Å². The van der Waals surface area contributed by atoms with Crippen LogP contribution in [0.4, 0.5) is 0 Å². The van der Waals surface area contributed by atoms with Crippen LogP contribution in [0.1, 0.15) is 62.6 Å². The van der Waals surface area contributed by atoms with Crippen LogP contribution in [0.2, 0.25) is 0 Å². The van der Waals surface area contributed by atoms with E-state index in [0.717, 1.165) is 19.6 Å². The molecule has 0 spiro atoms. The van der Waals surface area contributed by atoms with Crippen molar-refractivity contribution in [3.8, 4) is 0 Å². The Morgan fingerprint density at radius 2 is 1.89 bits per heavy atom. The molecular formula is C17H25ClO. The molecule has 1 heterocycles. The summed E-state index contributed by atoms with van der Waals surface area (Å²) in [4.78, 5) is 0. The average Bonchev–Trinajstić information content (AvgIpc) is 2.72. The standard InChI is InChI=1S/C17H25ClO/c1-12(9-17(2,3)4)7-16(18)13-5-6-14-10-19-11-15(14)8-13/h5-6,8,12,16H,7,9-11H2,1-4H3. The van der Waals surface area contributed by atoms with E-state index < -0.39 is 0 Å². The lowest BCUT2D eigenvalue weighted by atomic mass is 9.83. The Hall–Kier alpha value is -0.530. The quantitative estimate of drug-likeness (QED) is 0.666. The van der Waals surface area contributed by atoms with Gasteiger partial charge in [0.05, 0.1) is 18.6 Å². The molecule has 0 aliphatic carbocycles. The molecule has 1 aromatic rings. The first-order chi connectivity index (χ1) is 8.85. The number of benzene rings is 1. The highest BCUT2D eigenvalue weighted by Gasteiger charge is 2.20. The Labute approximate surface area is 122 Å². The molecule has 1 nitrogen and oxygen atoms in total. The Bertz CT molecular complexity index is 433. The molecule has 0 N–H and O–H groups in total. The largest absolute Gasteiger partial charge is 0.372 e. The van der Waals surface area contributed by atoms with Crippen molar-refractivity contribution in [2.24, 2.45) is 11.3 Å². The van der Waals surface area contributed by atoms with Crippen LogP contribution in [0.25, 0.3) is 0 Å². The summed E-state index contributed by atoms with van der Waals surface area (Å²) in [6, 6.07) is 6.56. The number of rotatable bonds is 4. The topological polar surface area (TPSA) is 9.23 Å². The molecule has 0 fully saturated rings. The van der Waals surface area contributed by atoms with Gasteiger partial charge in [-0.25, -0.2) is 0 Å². The van der Waals surface area contributed by atoms with E-state index >= 15 is 0 Å². The molecule has 0 amide bonds. The minimum absolute atomic E-state index is 0.114. The molecule has 0 saturated heterocycles. The summed E-state index contributed by atoms with van der Waals surface area (Å²) in [5.41, 5.74) is 4.25. The molecule has 0 aromatic heterocycles. The number of ether oxygens (including phenoxy) is 1. The maximum absolute atomic E-state index is 6.59. The average molecular weight is 281 g/mol. The van der Waals surface area contributed by atoms with Crippen LogP contribution in [-0.2, 0) is 18.0 Å². The Morgan fingerprint density at radius 3 is 2.58 bits per heavy atom. The number of halogens is 1. The van der Waals surface area contributed by atoms with Crippen LogP contribution in [0.3, 0.4) is 0 Å². The molecule has 0 bridgehead atoms. The maximum atomic E-state index is 6.59. The van der Waals surface area contributed by atoms with Gasteiger partial charge in [-0.3, -0.25) is 0 Å². The van der Waals surface area contributed by atoms with E-state index in [1.165, 1.54) is 23.1 Å². The van der Waals surface area contributed by atoms with Crippen molar-refractivity contribution < 1.29 is 4.74 Å². The van der Waals surface area contributed by atoms with E-state index in [1.807, 2.05) is 0 Å². The van der Waals surface area contributed by atoms with E-state index in [4.69, 9.17) is 16.3 Å². The predicted molar refractivity (Wildman–Crippen MR) is 81.4 cm³/mol. The second-order valence-corrected chi connectivity index (χ2v) is 7.62. The highest BCUT2D eigenvalue weighted by Crippen LogP contribution is 2.35. The van der Waals surface area contributed by atoms with E-state index in [0.29, 0.717) is 11.3 Å². The van der Waals surface area contributed by atoms with Crippen LogP contribution in [0.15, 0.2) is 18.2 Å². The summed E-state index contributed by atoms with van der Waals surface area (Å²) < 4.78 is 5.45. The van der Waals surface area contributed by atoms with E-state index in [1.54, 1.807) is 0 Å². The van der Waals surface area contributed by atoms with E-state index in [2.05, 4.69) is 45.9 Å². The minimum Gasteiger partial charge on any atom is -0.372 e. The van der Waals surface area contributed by atoms with Gasteiger partial charge in [0.25, 0.3) is 0 Å². The fourth-order valence-electron chi connectivity index (χ4n) is 3.00. The van der Waals surface area contributed by atoms with Gasteiger partial charge in [-0.05, 0) is 40.9 Å². The Kier molecular flexibility index (Phi) is 4.58. The smallest absolute Gasteiger partial charge is 0.0725 e. The van der Waals surface area contributed by atoms with Crippen molar-refractivity contribution in [3.05, 3.63) is 34.9 Å². The molecule has 19 heavy (non-hydrogen) atoms. The van der Waals surface area contributed by atoms with Gasteiger partial charge in [0.1, 0.15) is 0 Å². The van der Waals surface area contributed by atoms with Crippen molar-refractivity contribution in [2.45, 2.75) is 59.1 Å². The molecule has 0 radical (unpaired) electrons. The first kappa shape index (κ1) is 14.9. The molecule has 1 aromatic carbocycles. The molecular weight excluding hydrogens is 256 g/mol. The Balaban J connectivity index is 1.98. The second kappa shape index (κ2) is 5.85. The van der Waals surface area contributed by atoms with Crippen molar-refractivity contribution in [2.75, 3.05) is 0 Å². The summed E-state index contributed by atoms with van der Waals surface area (Å²) in [5, 5.41) is 0.114. The molecule has 106 valence electrons. The van der Waals surface area contributed by atoms with Gasteiger partial charge < -0.3 is 4.74 Å². The van der Waals surface area contributed by atoms with Gasteiger partial charge in [-0.1, -0.05) is 45.9 Å². The van der Waals surface area contributed by atoms with Gasteiger partial charge in [0.15, 0.2) is 0 Å². The third-order valence-corrected chi connectivity index (χ3v) is 4.11. The number of fused-ring (bicyclic) bond motifs is 1. The Morgan fingerprint density at radius 1 is 1.21 bits per heavy atom. The van der Waals surface area contributed by atoms with Gasteiger partial charge in [-0.2, -0.15) is 0 Å². The van der Waals surface area contributed by atoms with Crippen LogP contribution >= 0.6 is 11.6 Å². The van der Waals surface area contributed by atoms with Crippen LogP contribution in [0, 0.1) is 11.3 Å². The van der Waals surface area contributed by atoms with Crippen molar-refractivity contribution in [1.82, 2.24) is 0 Å². The fraction of sp³-hybridized carbons (Fsp3) is 0.647. The summed E-state index contributed by atoms with van der Waals surface area (Å²) in [7, 11) is 0. The van der Waals surface area contributed by atoms with Crippen LogP contribution in [-0.4, -0.2) is 0 Å². The molecule has 2 unspecified atom stereocenters. The predicted octanol–water partition coefficient (Wildman–Crippen LogP) is 5.46. The van der Waals surface area contributed by atoms with Crippen molar-refractivity contribution in [3.63, 3.8) is 0 Å². The third-order valence-electron chi connectivity index (χ3n) is 3.68. The summed E-state index contributed by atoms with van der Waals surface area (Å²) in [6.07, 6.45) is 2.25. The summed E-state index contributed by atoms with van der Waals surface area (Å²) in [6.45, 7) is 10.7. The molecule has 2 rings (SSSR count). The zero-order valence-electron chi connectivity index (χ0n) is 12.5. The minimum atomic E-state index is 0.114. The molecule has 1 aliphatic rings. The lowest BCUT2D eigenvalue weighted by Crippen LogP contribution is -2.12. The van der Waals surface area contributed by atoms with Crippen LogP contribution in [0.5, 0.6) is 0 Å². The first-order valence-corrected chi connectivity index (χ1v) is 7.62. The van der Waals surface area contributed by atoms with Gasteiger partial charge in [0.2, 0.25) is 0 Å². The highest BCUT2D eigenvalue weighted by molar-refractivity contribution is 6.20. The lowest BCUT2D eigenvalue weighted by molar-refractivity contribution is 0.134. The summed E-state index contributed by atoms with van der Waals surface area (Å²) in [5.74, 6) is 0.645. The van der Waals surface area contributed by atoms with Crippen molar-refractivity contribution >= 4 is 11.6 Å². The SMILES string of the molecule is CC(CC(Cl)c1ccc2c(c1)COC2)CC(C)(C)C. The lowest BCUT2D eigenvalue weighted by Gasteiger charge is -2.25. The highest BCUT2D eigenvalue weighted by atomic mass is 35.5. The van der Waals surface area contributed by atoms with Gasteiger partial charge >= 0.3 is 0 Å². The molecule has 2 atom stereocenters. The third kappa shape index (κ3) is 4.22. The van der Waals surface area contributed by atoms with Crippen molar-refractivity contribution in [1.29, 1.82) is 0 Å². The van der Waals surface area contributed by atoms with E-state index in [9.17, 15) is 0 Å². The number of alkyl halides is 1. The monoisotopic (exact) mass is 280 g/mol. The fourth-order valence-corrected chi connectivity index (χ4v) is 3.44.